The zero-order chi connectivity index (χ0) is 21.4. The molecule has 0 saturated heterocycles. The zero-order valence-electron chi connectivity index (χ0n) is 17.5. The van der Waals surface area contributed by atoms with Gasteiger partial charge in [-0.05, 0) is 48.1 Å². The Bertz CT molecular complexity index is 946. The maximum atomic E-state index is 12.2. The maximum Gasteiger partial charge on any atom is 0.244 e. The SMILES string of the molecule is CC(C)NS(=O)(=O)Cc1ccccc1CNC(=O)/C=C/c1ccc(C(C)C)cc1. The van der Waals surface area contributed by atoms with Crippen LogP contribution in [-0.4, -0.2) is 20.4 Å². The fourth-order valence-corrected chi connectivity index (χ4v) is 4.37. The lowest BCUT2D eigenvalue weighted by atomic mass is 10.0. The topological polar surface area (TPSA) is 75.3 Å². The summed E-state index contributed by atoms with van der Waals surface area (Å²) in [6, 6.07) is 15.2. The monoisotopic (exact) mass is 414 g/mol. The predicted octanol–water partition coefficient (Wildman–Crippen LogP) is 3.97. The van der Waals surface area contributed by atoms with Crippen LogP contribution >= 0.6 is 0 Å². The first-order valence-corrected chi connectivity index (χ1v) is 11.4. The van der Waals surface area contributed by atoms with Gasteiger partial charge in [0.05, 0.1) is 5.75 Å². The Morgan fingerprint density at radius 3 is 2.17 bits per heavy atom. The molecular formula is C23H30N2O3S. The lowest BCUT2D eigenvalue weighted by molar-refractivity contribution is -0.116. The summed E-state index contributed by atoms with van der Waals surface area (Å²) in [6.45, 7) is 8.11. The summed E-state index contributed by atoms with van der Waals surface area (Å²) in [6.07, 6.45) is 3.26. The first-order chi connectivity index (χ1) is 13.7. The van der Waals surface area contributed by atoms with E-state index < -0.39 is 10.0 Å². The molecule has 6 heteroatoms. The molecule has 0 radical (unpaired) electrons. The standard InChI is InChI=1S/C23H30N2O3S/c1-17(2)20-12-9-19(10-13-20)11-14-23(26)24-15-21-7-5-6-8-22(21)16-29(27,28)25-18(3)4/h5-14,17-18,25H,15-16H2,1-4H3,(H,24,26)/b14-11+. The fourth-order valence-electron chi connectivity index (χ4n) is 2.88. The highest BCUT2D eigenvalue weighted by Gasteiger charge is 2.15. The van der Waals surface area contributed by atoms with E-state index in [0.29, 0.717) is 11.5 Å². The minimum atomic E-state index is -3.43. The summed E-state index contributed by atoms with van der Waals surface area (Å²) in [5.74, 6) is 0.127. The van der Waals surface area contributed by atoms with E-state index in [2.05, 4.69) is 36.0 Å². The van der Waals surface area contributed by atoms with Crippen molar-refractivity contribution in [2.75, 3.05) is 0 Å². The van der Waals surface area contributed by atoms with Gasteiger partial charge in [-0.1, -0.05) is 62.4 Å². The number of benzene rings is 2. The molecule has 0 aliphatic rings. The lowest BCUT2D eigenvalue weighted by Crippen LogP contribution is -2.31. The van der Waals surface area contributed by atoms with Crippen LogP contribution < -0.4 is 10.0 Å². The minimum absolute atomic E-state index is 0.116. The molecule has 2 N–H and O–H groups in total. The molecule has 0 saturated carbocycles. The Kier molecular flexibility index (Phi) is 8.17. The molecule has 0 bridgehead atoms. The molecule has 0 aromatic heterocycles. The van der Waals surface area contributed by atoms with Crippen LogP contribution in [0.2, 0.25) is 0 Å². The average molecular weight is 415 g/mol. The molecule has 0 aliphatic heterocycles. The number of carbonyl (C=O) groups excluding carboxylic acids is 1. The molecule has 29 heavy (non-hydrogen) atoms. The van der Waals surface area contributed by atoms with Gasteiger partial charge >= 0.3 is 0 Å². The van der Waals surface area contributed by atoms with Gasteiger partial charge in [0.2, 0.25) is 15.9 Å². The smallest absolute Gasteiger partial charge is 0.244 e. The Labute approximate surface area is 174 Å². The van der Waals surface area contributed by atoms with Crippen LogP contribution in [0.15, 0.2) is 54.6 Å². The van der Waals surface area contributed by atoms with E-state index in [-0.39, 0.29) is 24.2 Å². The van der Waals surface area contributed by atoms with Crippen molar-refractivity contribution in [2.45, 2.75) is 52.0 Å². The van der Waals surface area contributed by atoms with E-state index in [1.165, 1.54) is 11.6 Å². The van der Waals surface area contributed by atoms with Crippen LogP contribution in [0.25, 0.3) is 6.08 Å². The van der Waals surface area contributed by atoms with E-state index in [0.717, 1.165) is 11.1 Å². The van der Waals surface area contributed by atoms with Gasteiger partial charge in [-0.25, -0.2) is 13.1 Å². The molecule has 1 amide bonds. The van der Waals surface area contributed by atoms with Crippen molar-refractivity contribution in [3.05, 3.63) is 76.9 Å². The predicted molar refractivity (Wildman–Crippen MR) is 119 cm³/mol. The summed E-state index contributed by atoms with van der Waals surface area (Å²) in [4.78, 5) is 12.2. The van der Waals surface area contributed by atoms with Crippen molar-refractivity contribution >= 4 is 22.0 Å². The largest absolute Gasteiger partial charge is 0.348 e. The van der Waals surface area contributed by atoms with Crippen LogP contribution in [0.4, 0.5) is 0 Å². The number of hydrogen-bond donors (Lipinski definition) is 2. The number of carbonyl (C=O) groups is 1. The third-order valence-corrected chi connectivity index (χ3v) is 5.88. The summed E-state index contributed by atoms with van der Waals surface area (Å²) in [7, 11) is -3.43. The summed E-state index contributed by atoms with van der Waals surface area (Å²) >= 11 is 0. The highest BCUT2D eigenvalue weighted by atomic mass is 32.2. The van der Waals surface area contributed by atoms with E-state index in [1.54, 1.807) is 32.1 Å². The van der Waals surface area contributed by atoms with Crippen molar-refractivity contribution in [2.24, 2.45) is 0 Å². The molecule has 5 nitrogen and oxygen atoms in total. The van der Waals surface area contributed by atoms with Gasteiger partial charge in [0, 0.05) is 18.7 Å². The van der Waals surface area contributed by atoms with Gasteiger partial charge < -0.3 is 5.32 Å². The number of hydrogen-bond acceptors (Lipinski definition) is 3. The van der Waals surface area contributed by atoms with Gasteiger partial charge in [-0.3, -0.25) is 4.79 Å². The van der Waals surface area contributed by atoms with Crippen molar-refractivity contribution in [3.8, 4) is 0 Å². The van der Waals surface area contributed by atoms with Crippen molar-refractivity contribution < 1.29 is 13.2 Å². The first kappa shape index (κ1) is 22.8. The number of amides is 1. The van der Waals surface area contributed by atoms with Gasteiger partial charge in [-0.15, -0.1) is 0 Å². The van der Waals surface area contributed by atoms with Gasteiger partial charge in [0.15, 0.2) is 0 Å². The number of sulfonamides is 1. The average Bonchev–Trinajstić information content (AvgIpc) is 2.64. The molecule has 2 aromatic rings. The molecule has 0 heterocycles. The highest BCUT2D eigenvalue weighted by molar-refractivity contribution is 7.88. The van der Waals surface area contributed by atoms with Gasteiger partial charge in [0.1, 0.15) is 0 Å². The second kappa shape index (κ2) is 10.4. The Morgan fingerprint density at radius 1 is 0.966 bits per heavy atom. The summed E-state index contributed by atoms with van der Waals surface area (Å²) in [5, 5.41) is 2.82. The molecule has 0 spiro atoms. The Hall–Kier alpha value is -2.44. The maximum absolute atomic E-state index is 12.2. The third-order valence-electron chi connectivity index (χ3n) is 4.36. The highest BCUT2D eigenvalue weighted by Crippen LogP contribution is 2.15. The molecule has 2 aromatic carbocycles. The second-order valence-electron chi connectivity index (χ2n) is 7.67. The quantitative estimate of drug-likeness (QED) is 0.610. The minimum Gasteiger partial charge on any atom is -0.348 e. The van der Waals surface area contributed by atoms with E-state index in [1.807, 2.05) is 24.3 Å². The first-order valence-electron chi connectivity index (χ1n) is 9.79. The fraction of sp³-hybridized carbons (Fsp3) is 0.348. The van der Waals surface area contributed by atoms with Crippen molar-refractivity contribution in [3.63, 3.8) is 0 Å². The normalized spacial score (nSPS) is 12.1. The van der Waals surface area contributed by atoms with E-state index >= 15 is 0 Å². The van der Waals surface area contributed by atoms with Gasteiger partial charge in [0.25, 0.3) is 0 Å². The molecule has 0 aliphatic carbocycles. The van der Waals surface area contributed by atoms with E-state index in [4.69, 9.17) is 0 Å². The molecule has 2 rings (SSSR count). The summed E-state index contributed by atoms with van der Waals surface area (Å²) < 4.78 is 27.0. The second-order valence-corrected chi connectivity index (χ2v) is 9.43. The number of rotatable bonds is 9. The Balaban J connectivity index is 1.98. The third kappa shape index (κ3) is 7.83. The number of nitrogens with one attached hydrogen (secondary N) is 2. The van der Waals surface area contributed by atoms with Crippen LogP contribution in [0, 0.1) is 0 Å². The van der Waals surface area contributed by atoms with Crippen LogP contribution in [0.5, 0.6) is 0 Å². The Morgan fingerprint density at radius 2 is 1.59 bits per heavy atom. The van der Waals surface area contributed by atoms with Crippen LogP contribution in [-0.2, 0) is 27.1 Å². The molecular weight excluding hydrogens is 384 g/mol. The van der Waals surface area contributed by atoms with Crippen molar-refractivity contribution in [1.82, 2.24) is 10.0 Å². The zero-order valence-corrected chi connectivity index (χ0v) is 18.3. The van der Waals surface area contributed by atoms with Crippen LogP contribution in [0.3, 0.4) is 0 Å². The van der Waals surface area contributed by atoms with E-state index in [9.17, 15) is 13.2 Å². The van der Waals surface area contributed by atoms with Gasteiger partial charge in [-0.2, -0.15) is 0 Å². The van der Waals surface area contributed by atoms with Crippen LogP contribution in [0.1, 0.15) is 55.9 Å². The molecule has 0 fully saturated rings. The molecule has 0 atom stereocenters. The van der Waals surface area contributed by atoms with Crippen molar-refractivity contribution in [1.29, 1.82) is 0 Å². The summed E-state index contributed by atoms with van der Waals surface area (Å²) in [5.41, 5.74) is 3.67. The molecule has 156 valence electrons. The lowest BCUT2D eigenvalue weighted by Gasteiger charge is -2.13. The molecule has 0 unspecified atom stereocenters.